The van der Waals surface area contributed by atoms with Crippen molar-refractivity contribution < 1.29 is 13.2 Å². The van der Waals surface area contributed by atoms with Crippen LogP contribution in [0.15, 0.2) is 22.4 Å². The van der Waals surface area contributed by atoms with Crippen molar-refractivity contribution in [1.29, 1.82) is 0 Å². The van der Waals surface area contributed by atoms with Crippen LogP contribution in [0, 0.1) is 13.8 Å². The van der Waals surface area contributed by atoms with Crippen molar-refractivity contribution in [2.45, 2.75) is 18.1 Å². The predicted molar refractivity (Wildman–Crippen MR) is 82.4 cm³/mol. The van der Waals surface area contributed by atoms with Gasteiger partial charge in [0.05, 0.1) is 5.69 Å². The Morgan fingerprint density at radius 1 is 1.38 bits per heavy atom. The molecule has 1 aromatic carbocycles. The Kier molecular flexibility index (Phi) is 4.33. The SMILES string of the molecule is Cc1cc(Cl)ccc1C(=O)Nc1nc(C)c(S(N)(=O)=O)s1. The highest BCUT2D eigenvalue weighted by atomic mass is 35.5. The van der Waals surface area contributed by atoms with Crippen LogP contribution in [0.25, 0.3) is 0 Å². The summed E-state index contributed by atoms with van der Waals surface area (Å²) in [7, 11) is -3.84. The van der Waals surface area contributed by atoms with Crippen molar-refractivity contribution in [2.24, 2.45) is 5.14 Å². The Morgan fingerprint density at radius 2 is 2.05 bits per heavy atom. The summed E-state index contributed by atoms with van der Waals surface area (Å²) in [6, 6.07) is 4.86. The number of halogens is 1. The highest BCUT2D eigenvalue weighted by molar-refractivity contribution is 7.91. The molecule has 1 amide bonds. The van der Waals surface area contributed by atoms with Gasteiger partial charge in [0.15, 0.2) is 9.34 Å². The first-order valence-corrected chi connectivity index (χ1v) is 8.50. The van der Waals surface area contributed by atoms with Gasteiger partial charge in [-0.1, -0.05) is 22.9 Å². The van der Waals surface area contributed by atoms with Crippen molar-refractivity contribution in [3.8, 4) is 0 Å². The summed E-state index contributed by atoms with van der Waals surface area (Å²) >= 11 is 6.65. The van der Waals surface area contributed by atoms with Crippen LogP contribution in [-0.2, 0) is 10.0 Å². The Morgan fingerprint density at radius 3 is 2.57 bits per heavy atom. The molecule has 0 bridgehead atoms. The number of aromatic nitrogens is 1. The van der Waals surface area contributed by atoms with Crippen molar-refractivity contribution in [3.05, 3.63) is 40.0 Å². The van der Waals surface area contributed by atoms with Gasteiger partial charge in [0, 0.05) is 10.6 Å². The van der Waals surface area contributed by atoms with Gasteiger partial charge in [0.25, 0.3) is 5.91 Å². The summed E-state index contributed by atoms with van der Waals surface area (Å²) < 4.78 is 22.6. The lowest BCUT2D eigenvalue weighted by molar-refractivity contribution is 0.102. The van der Waals surface area contributed by atoms with Crippen LogP contribution in [0.1, 0.15) is 21.6 Å². The van der Waals surface area contributed by atoms with E-state index in [4.69, 9.17) is 16.7 Å². The Labute approximate surface area is 131 Å². The van der Waals surface area contributed by atoms with E-state index in [0.29, 0.717) is 16.1 Å². The maximum atomic E-state index is 12.1. The fraction of sp³-hybridized carbons (Fsp3) is 0.167. The number of amides is 1. The average molecular weight is 346 g/mol. The van der Waals surface area contributed by atoms with E-state index in [2.05, 4.69) is 10.3 Å². The van der Waals surface area contributed by atoms with E-state index in [1.54, 1.807) is 25.1 Å². The number of hydrogen-bond donors (Lipinski definition) is 2. The summed E-state index contributed by atoms with van der Waals surface area (Å²) in [5.74, 6) is -0.390. The fourth-order valence-corrected chi connectivity index (χ4v) is 3.83. The second-order valence-corrected chi connectivity index (χ2v) is 7.54. The van der Waals surface area contributed by atoms with Crippen LogP contribution in [0.3, 0.4) is 0 Å². The summed E-state index contributed by atoms with van der Waals surface area (Å²) in [5, 5.41) is 8.34. The molecule has 6 nitrogen and oxygen atoms in total. The minimum Gasteiger partial charge on any atom is -0.298 e. The molecule has 0 aliphatic heterocycles. The molecule has 0 spiro atoms. The van der Waals surface area contributed by atoms with Gasteiger partial charge >= 0.3 is 0 Å². The minimum absolute atomic E-state index is 0.0642. The molecule has 0 saturated carbocycles. The lowest BCUT2D eigenvalue weighted by Gasteiger charge is -2.05. The summed E-state index contributed by atoms with van der Waals surface area (Å²) in [6.45, 7) is 3.27. The number of nitrogens with zero attached hydrogens (tertiary/aromatic N) is 1. The van der Waals surface area contributed by atoms with E-state index in [1.165, 1.54) is 6.92 Å². The standard InChI is InChI=1S/C12H12ClN3O3S2/c1-6-5-8(13)3-4-9(6)10(17)16-12-15-7(2)11(20-12)21(14,18)19/h3-5H,1-2H3,(H2,14,18,19)(H,15,16,17). The summed E-state index contributed by atoms with van der Waals surface area (Å²) in [4.78, 5) is 16.1. The average Bonchev–Trinajstić information content (AvgIpc) is 2.69. The fourth-order valence-electron chi connectivity index (χ4n) is 1.75. The van der Waals surface area contributed by atoms with E-state index in [-0.39, 0.29) is 20.9 Å². The third kappa shape index (κ3) is 3.59. The van der Waals surface area contributed by atoms with E-state index in [0.717, 1.165) is 11.3 Å². The summed E-state index contributed by atoms with van der Waals surface area (Å²) in [5.41, 5.74) is 1.40. The summed E-state index contributed by atoms with van der Waals surface area (Å²) in [6.07, 6.45) is 0. The number of nitrogens with one attached hydrogen (secondary N) is 1. The zero-order valence-electron chi connectivity index (χ0n) is 11.2. The number of rotatable bonds is 3. The van der Waals surface area contributed by atoms with Gasteiger partial charge in [-0.25, -0.2) is 18.5 Å². The van der Waals surface area contributed by atoms with Gasteiger partial charge in [-0.15, -0.1) is 0 Å². The number of hydrogen-bond acceptors (Lipinski definition) is 5. The number of carbonyl (C=O) groups excluding carboxylic acids is 1. The molecule has 2 rings (SSSR count). The molecule has 0 aliphatic carbocycles. The van der Waals surface area contributed by atoms with Crippen LogP contribution in [0.2, 0.25) is 5.02 Å². The van der Waals surface area contributed by atoms with Gasteiger partial charge < -0.3 is 0 Å². The lowest BCUT2D eigenvalue weighted by Crippen LogP contribution is -2.13. The quantitative estimate of drug-likeness (QED) is 0.890. The van der Waals surface area contributed by atoms with Crippen molar-refractivity contribution in [3.63, 3.8) is 0 Å². The number of anilines is 1. The van der Waals surface area contributed by atoms with Crippen LogP contribution in [0.5, 0.6) is 0 Å². The Balaban J connectivity index is 2.28. The molecule has 1 heterocycles. The van der Waals surface area contributed by atoms with E-state index >= 15 is 0 Å². The van der Waals surface area contributed by atoms with Gasteiger partial charge in [-0.3, -0.25) is 10.1 Å². The monoisotopic (exact) mass is 345 g/mol. The first-order valence-electron chi connectivity index (χ1n) is 5.76. The van der Waals surface area contributed by atoms with Crippen molar-refractivity contribution >= 4 is 44.0 Å². The molecule has 3 N–H and O–H groups in total. The number of nitrogens with two attached hydrogens (primary N) is 1. The highest BCUT2D eigenvalue weighted by Crippen LogP contribution is 2.26. The molecule has 0 saturated heterocycles. The van der Waals surface area contributed by atoms with E-state index in [1.807, 2.05) is 0 Å². The third-order valence-corrected chi connectivity index (χ3v) is 5.53. The Bertz CT molecular complexity index is 815. The molecular formula is C12H12ClN3O3S2. The maximum absolute atomic E-state index is 12.1. The largest absolute Gasteiger partial charge is 0.298 e. The second kappa shape index (κ2) is 5.72. The lowest BCUT2D eigenvalue weighted by atomic mass is 10.1. The highest BCUT2D eigenvalue weighted by Gasteiger charge is 2.19. The number of primary sulfonamides is 1. The van der Waals surface area contributed by atoms with E-state index < -0.39 is 10.0 Å². The number of thiazole rings is 1. The molecule has 0 radical (unpaired) electrons. The number of carbonyl (C=O) groups is 1. The van der Waals surface area contributed by atoms with Crippen LogP contribution < -0.4 is 10.5 Å². The zero-order chi connectivity index (χ0) is 15.8. The van der Waals surface area contributed by atoms with Crippen LogP contribution in [-0.4, -0.2) is 19.3 Å². The first kappa shape index (κ1) is 15.9. The van der Waals surface area contributed by atoms with Crippen LogP contribution in [0.4, 0.5) is 5.13 Å². The predicted octanol–water partition coefficient (Wildman–Crippen LogP) is 2.31. The third-order valence-electron chi connectivity index (χ3n) is 2.67. The molecule has 21 heavy (non-hydrogen) atoms. The zero-order valence-corrected chi connectivity index (χ0v) is 13.6. The van der Waals surface area contributed by atoms with Gasteiger partial charge in [-0.2, -0.15) is 0 Å². The smallest absolute Gasteiger partial charge is 0.257 e. The first-order chi connectivity index (χ1) is 9.68. The van der Waals surface area contributed by atoms with Crippen molar-refractivity contribution in [2.75, 3.05) is 5.32 Å². The number of aryl methyl sites for hydroxylation is 2. The minimum atomic E-state index is -3.84. The topological polar surface area (TPSA) is 102 Å². The molecule has 9 heteroatoms. The molecule has 1 aromatic heterocycles. The van der Waals surface area contributed by atoms with Gasteiger partial charge in [0.1, 0.15) is 0 Å². The van der Waals surface area contributed by atoms with Crippen LogP contribution >= 0.6 is 22.9 Å². The molecule has 0 aliphatic rings. The van der Waals surface area contributed by atoms with E-state index in [9.17, 15) is 13.2 Å². The molecule has 0 fully saturated rings. The second-order valence-electron chi connectivity index (χ2n) is 4.35. The normalized spacial score (nSPS) is 11.4. The van der Waals surface area contributed by atoms with Gasteiger partial charge in [0.2, 0.25) is 10.0 Å². The maximum Gasteiger partial charge on any atom is 0.257 e. The molecular weight excluding hydrogens is 334 g/mol. The van der Waals surface area contributed by atoms with Gasteiger partial charge in [-0.05, 0) is 37.6 Å². The molecule has 0 atom stereocenters. The Hall–Kier alpha value is -1.48. The van der Waals surface area contributed by atoms with Crippen molar-refractivity contribution in [1.82, 2.24) is 4.98 Å². The molecule has 112 valence electrons. The molecule has 0 unspecified atom stereocenters. The number of sulfonamides is 1. The number of benzene rings is 1. The molecule has 2 aromatic rings.